The van der Waals surface area contributed by atoms with E-state index in [4.69, 9.17) is 5.73 Å². The van der Waals surface area contributed by atoms with Crippen molar-refractivity contribution in [1.29, 1.82) is 0 Å². The molecule has 1 saturated carbocycles. The number of anilines is 1. The Morgan fingerprint density at radius 3 is 2.76 bits per heavy atom. The van der Waals surface area contributed by atoms with Crippen molar-refractivity contribution in [2.75, 3.05) is 11.9 Å². The smallest absolute Gasteiger partial charge is 0.252 e. The maximum Gasteiger partial charge on any atom is 0.252 e. The van der Waals surface area contributed by atoms with Crippen LogP contribution in [0.3, 0.4) is 0 Å². The summed E-state index contributed by atoms with van der Waals surface area (Å²) in [5, 5.41) is 0. The highest BCUT2D eigenvalue weighted by atomic mass is 16.1. The zero-order valence-corrected chi connectivity index (χ0v) is 10.2. The van der Waals surface area contributed by atoms with Crippen molar-refractivity contribution in [3.8, 4) is 0 Å². The standard InChI is InChI=1S/C13H19N3O/c1-16(10-6-3-2-4-7-10)13-11(12(14)17)8-5-9-15-13/h5,8-10H,2-4,6-7H2,1H3,(H2,14,17). The number of rotatable bonds is 3. The summed E-state index contributed by atoms with van der Waals surface area (Å²) in [4.78, 5) is 17.8. The monoisotopic (exact) mass is 233 g/mol. The van der Waals surface area contributed by atoms with Crippen LogP contribution in [0.1, 0.15) is 42.5 Å². The lowest BCUT2D eigenvalue weighted by Gasteiger charge is -2.32. The molecule has 1 aliphatic rings. The van der Waals surface area contributed by atoms with Gasteiger partial charge in [-0.1, -0.05) is 19.3 Å². The average Bonchev–Trinajstić information content (AvgIpc) is 2.39. The Bertz CT molecular complexity index is 399. The summed E-state index contributed by atoms with van der Waals surface area (Å²) in [6, 6.07) is 3.97. The van der Waals surface area contributed by atoms with Crippen molar-refractivity contribution >= 4 is 11.7 Å². The fourth-order valence-corrected chi connectivity index (χ4v) is 2.51. The molecule has 0 radical (unpaired) electrons. The van der Waals surface area contributed by atoms with Crippen molar-refractivity contribution in [3.05, 3.63) is 23.9 Å². The van der Waals surface area contributed by atoms with Gasteiger partial charge in [-0.3, -0.25) is 4.79 Å². The number of nitrogens with zero attached hydrogens (tertiary/aromatic N) is 2. The van der Waals surface area contributed by atoms with Crippen LogP contribution in [0, 0.1) is 0 Å². The zero-order chi connectivity index (χ0) is 12.3. The largest absolute Gasteiger partial charge is 0.365 e. The number of nitrogens with two attached hydrogens (primary N) is 1. The molecule has 0 atom stereocenters. The summed E-state index contributed by atoms with van der Waals surface area (Å²) in [6.07, 6.45) is 7.88. The lowest BCUT2D eigenvalue weighted by Crippen LogP contribution is -2.35. The molecular formula is C13H19N3O. The van der Waals surface area contributed by atoms with Gasteiger partial charge in [0.15, 0.2) is 0 Å². The highest BCUT2D eigenvalue weighted by molar-refractivity contribution is 5.97. The molecule has 2 N–H and O–H groups in total. The normalized spacial score (nSPS) is 16.8. The molecular weight excluding hydrogens is 214 g/mol. The number of primary amides is 1. The number of hydrogen-bond donors (Lipinski definition) is 1. The molecule has 2 rings (SSSR count). The van der Waals surface area contributed by atoms with Crippen LogP contribution in [0.2, 0.25) is 0 Å². The quantitative estimate of drug-likeness (QED) is 0.868. The van der Waals surface area contributed by atoms with Gasteiger partial charge in [0.25, 0.3) is 5.91 Å². The van der Waals surface area contributed by atoms with Crippen LogP contribution < -0.4 is 10.6 Å². The fraction of sp³-hybridized carbons (Fsp3) is 0.538. The highest BCUT2D eigenvalue weighted by Gasteiger charge is 2.22. The van der Waals surface area contributed by atoms with Crippen molar-refractivity contribution in [2.45, 2.75) is 38.1 Å². The van der Waals surface area contributed by atoms with Gasteiger partial charge in [0.05, 0.1) is 5.56 Å². The molecule has 0 aliphatic heterocycles. The number of pyridine rings is 1. The van der Waals surface area contributed by atoms with Crippen molar-refractivity contribution in [2.24, 2.45) is 5.73 Å². The Hall–Kier alpha value is -1.58. The van der Waals surface area contributed by atoms with Gasteiger partial charge in [0.2, 0.25) is 0 Å². The molecule has 17 heavy (non-hydrogen) atoms. The molecule has 1 aliphatic carbocycles. The Morgan fingerprint density at radius 1 is 1.41 bits per heavy atom. The van der Waals surface area contributed by atoms with Gasteiger partial charge in [0, 0.05) is 19.3 Å². The minimum absolute atomic E-state index is 0.407. The first-order valence-electron chi connectivity index (χ1n) is 6.18. The van der Waals surface area contributed by atoms with Gasteiger partial charge < -0.3 is 10.6 Å². The third-order valence-electron chi connectivity index (χ3n) is 3.51. The average molecular weight is 233 g/mol. The minimum atomic E-state index is -0.407. The van der Waals surface area contributed by atoms with E-state index in [0.29, 0.717) is 17.4 Å². The second-order valence-corrected chi connectivity index (χ2v) is 4.64. The van der Waals surface area contributed by atoms with E-state index in [1.807, 2.05) is 7.05 Å². The number of amides is 1. The fourth-order valence-electron chi connectivity index (χ4n) is 2.51. The van der Waals surface area contributed by atoms with Crippen LogP contribution in [-0.4, -0.2) is 24.0 Å². The first-order valence-corrected chi connectivity index (χ1v) is 6.18. The number of carbonyl (C=O) groups is 1. The van der Waals surface area contributed by atoms with Gasteiger partial charge in [-0.05, 0) is 25.0 Å². The van der Waals surface area contributed by atoms with Crippen molar-refractivity contribution in [1.82, 2.24) is 4.98 Å². The van der Waals surface area contributed by atoms with Crippen LogP contribution >= 0.6 is 0 Å². The van der Waals surface area contributed by atoms with Gasteiger partial charge in [-0.15, -0.1) is 0 Å². The topological polar surface area (TPSA) is 59.2 Å². The molecule has 92 valence electrons. The summed E-state index contributed by atoms with van der Waals surface area (Å²) in [5.74, 6) is 0.308. The van der Waals surface area contributed by atoms with E-state index in [0.717, 1.165) is 0 Å². The maximum absolute atomic E-state index is 11.4. The Kier molecular flexibility index (Phi) is 3.61. The van der Waals surface area contributed by atoms with Crippen molar-refractivity contribution < 1.29 is 4.79 Å². The molecule has 4 nitrogen and oxygen atoms in total. The summed E-state index contributed by atoms with van der Waals surface area (Å²) in [5.41, 5.74) is 5.89. The zero-order valence-electron chi connectivity index (χ0n) is 10.2. The minimum Gasteiger partial charge on any atom is -0.365 e. The Balaban J connectivity index is 2.23. The molecule has 1 aromatic rings. The molecule has 1 amide bonds. The van der Waals surface area contributed by atoms with E-state index >= 15 is 0 Å². The third kappa shape index (κ3) is 2.57. The van der Waals surface area contributed by atoms with Crippen LogP contribution in [0.4, 0.5) is 5.82 Å². The molecule has 1 aromatic heterocycles. The van der Waals surface area contributed by atoms with Crippen LogP contribution in [0.25, 0.3) is 0 Å². The number of aromatic nitrogens is 1. The maximum atomic E-state index is 11.4. The second kappa shape index (κ2) is 5.17. The summed E-state index contributed by atoms with van der Waals surface area (Å²) in [6.45, 7) is 0. The molecule has 0 unspecified atom stereocenters. The highest BCUT2D eigenvalue weighted by Crippen LogP contribution is 2.26. The van der Waals surface area contributed by atoms with E-state index < -0.39 is 5.91 Å². The van der Waals surface area contributed by atoms with Gasteiger partial charge >= 0.3 is 0 Å². The summed E-state index contributed by atoms with van der Waals surface area (Å²) in [7, 11) is 2.00. The third-order valence-corrected chi connectivity index (χ3v) is 3.51. The molecule has 0 bridgehead atoms. The SMILES string of the molecule is CN(c1ncccc1C(N)=O)C1CCCCC1. The molecule has 4 heteroatoms. The van der Waals surface area contributed by atoms with Gasteiger partial charge in [-0.2, -0.15) is 0 Å². The number of hydrogen-bond acceptors (Lipinski definition) is 3. The number of carbonyl (C=O) groups excluding carboxylic acids is 1. The van der Waals surface area contributed by atoms with Crippen LogP contribution in [0.5, 0.6) is 0 Å². The van der Waals surface area contributed by atoms with Crippen LogP contribution in [-0.2, 0) is 0 Å². The summed E-state index contributed by atoms with van der Waals surface area (Å²) >= 11 is 0. The van der Waals surface area contributed by atoms with Gasteiger partial charge in [0.1, 0.15) is 5.82 Å². The molecule has 1 fully saturated rings. The first kappa shape index (κ1) is 11.9. The lowest BCUT2D eigenvalue weighted by atomic mass is 9.94. The molecule has 0 spiro atoms. The van der Waals surface area contributed by atoms with E-state index in [9.17, 15) is 4.79 Å². The predicted molar refractivity (Wildman–Crippen MR) is 68.0 cm³/mol. The molecule has 1 heterocycles. The Morgan fingerprint density at radius 2 is 2.12 bits per heavy atom. The van der Waals surface area contributed by atoms with E-state index in [-0.39, 0.29) is 0 Å². The lowest BCUT2D eigenvalue weighted by molar-refractivity contribution is 0.100. The molecule has 0 saturated heterocycles. The van der Waals surface area contributed by atoms with E-state index in [1.165, 1.54) is 32.1 Å². The molecule has 0 aromatic carbocycles. The van der Waals surface area contributed by atoms with E-state index in [1.54, 1.807) is 18.3 Å². The first-order chi connectivity index (χ1) is 8.20. The van der Waals surface area contributed by atoms with Crippen molar-refractivity contribution in [3.63, 3.8) is 0 Å². The van der Waals surface area contributed by atoms with Gasteiger partial charge in [-0.25, -0.2) is 4.98 Å². The summed E-state index contributed by atoms with van der Waals surface area (Å²) < 4.78 is 0. The predicted octanol–water partition coefficient (Wildman–Crippen LogP) is 1.95. The second-order valence-electron chi connectivity index (χ2n) is 4.64. The van der Waals surface area contributed by atoms with Crippen LogP contribution in [0.15, 0.2) is 18.3 Å². The van der Waals surface area contributed by atoms with E-state index in [2.05, 4.69) is 9.88 Å². The Labute approximate surface area is 102 Å².